The Balaban J connectivity index is 1.54. The minimum Gasteiger partial charge on any atom is -0.391 e. The van der Waals surface area contributed by atoms with Gasteiger partial charge < -0.3 is 20.4 Å². The van der Waals surface area contributed by atoms with Crippen molar-refractivity contribution in [2.45, 2.75) is 44.2 Å². The molecule has 1 fully saturated rings. The summed E-state index contributed by atoms with van der Waals surface area (Å²) in [5.74, 6) is 0.185. The first-order valence-electron chi connectivity index (χ1n) is 10.0. The summed E-state index contributed by atoms with van der Waals surface area (Å²) in [5.41, 5.74) is 8.97. The minimum absolute atomic E-state index is 0.0250. The monoisotopic (exact) mass is 463 g/mol. The van der Waals surface area contributed by atoms with Gasteiger partial charge in [-0.2, -0.15) is 0 Å². The van der Waals surface area contributed by atoms with Gasteiger partial charge in [0, 0.05) is 17.7 Å². The first-order valence-corrected chi connectivity index (χ1v) is 11.6. The number of hydrogen-bond acceptors (Lipinski definition) is 7. The number of nitrogens with two attached hydrogens (primary N) is 1. The second-order valence-corrected chi connectivity index (χ2v) is 9.30. The molecule has 1 saturated carbocycles. The van der Waals surface area contributed by atoms with E-state index in [0.29, 0.717) is 18.6 Å². The lowest BCUT2D eigenvalue weighted by molar-refractivity contribution is -0.384. The molecule has 2 atom stereocenters. The van der Waals surface area contributed by atoms with Crippen LogP contribution < -0.4 is 5.73 Å². The number of nitrogens with zero attached hydrogens (tertiary/aromatic N) is 2. The van der Waals surface area contributed by atoms with Crippen molar-refractivity contribution in [3.63, 3.8) is 0 Å². The molecule has 172 valence electrons. The Labute approximate surface area is 185 Å². The summed E-state index contributed by atoms with van der Waals surface area (Å²) in [7, 11) is -4.54. The Hall–Kier alpha value is -2.62. The van der Waals surface area contributed by atoms with E-state index in [0.717, 1.165) is 23.1 Å². The number of nitro groups is 1. The molecule has 4 N–H and O–H groups in total. The van der Waals surface area contributed by atoms with Crippen LogP contribution in [-0.2, 0) is 20.5 Å². The van der Waals surface area contributed by atoms with E-state index in [9.17, 15) is 14.7 Å². The van der Waals surface area contributed by atoms with Gasteiger partial charge in [-0.15, -0.1) is 0 Å². The van der Waals surface area contributed by atoms with E-state index < -0.39 is 18.3 Å². The highest BCUT2D eigenvalue weighted by Crippen LogP contribution is 2.43. The number of nitro benzene ring substituents is 1. The van der Waals surface area contributed by atoms with Crippen molar-refractivity contribution in [1.82, 2.24) is 0 Å². The molecular formula is C21H26N3O7P. The Kier molecular flexibility index (Phi) is 7.43. The fraction of sp³-hybridized carbons (Fsp3) is 0.381. The van der Waals surface area contributed by atoms with Gasteiger partial charge in [-0.3, -0.25) is 14.6 Å². The molecule has 0 amide bonds. The molecule has 0 spiro atoms. The van der Waals surface area contributed by atoms with E-state index >= 15 is 0 Å². The predicted octanol–water partition coefficient (Wildman–Crippen LogP) is 3.61. The van der Waals surface area contributed by atoms with Crippen LogP contribution in [-0.4, -0.2) is 32.6 Å². The zero-order valence-corrected chi connectivity index (χ0v) is 18.5. The molecule has 3 rings (SSSR count). The standard InChI is InChI=1S/C21H26N3O7P/c1-15(23-30-13-16-2-8-20(9-3-16)24(25)26)17-4-6-18(7-5-17)19-10-11-21(22,12-19)14-31-32(27,28)29/h2-9,19H,10-14,22H2,1H3,(H2,27,28,29)/t19-,21-/m1/s1. The number of rotatable bonds is 9. The predicted molar refractivity (Wildman–Crippen MR) is 118 cm³/mol. The van der Waals surface area contributed by atoms with Crippen molar-refractivity contribution in [3.05, 3.63) is 75.3 Å². The molecule has 2 aromatic carbocycles. The van der Waals surface area contributed by atoms with Gasteiger partial charge in [0.15, 0.2) is 0 Å². The molecule has 10 nitrogen and oxygen atoms in total. The molecular weight excluding hydrogens is 437 g/mol. The molecule has 0 aromatic heterocycles. The number of benzene rings is 2. The molecule has 0 radical (unpaired) electrons. The van der Waals surface area contributed by atoms with Gasteiger partial charge in [-0.25, -0.2) is 4.57 Å². The first kappa shape index (κ1) is 24.0. The van der Waals surface area contributed by atoms with Gasteiger partial charge in [0.2, 0.25) is 0 Å². The third-order valence-electron chi connectivity index (χ3n) is 5.54. The number of phosphoric acid groups is 1. The average molecular weight is 463 g/mol. The lowest BCUT2D eigenvalue weighted by Crippen LogP contribution is -2.41. The Morgan fingerprint density at radius 1 is 1.25 bits per heavy atom. The molecule has 1 aliphatic carbocycles. The summed E-state index contributed by atoms with van der Waals surface area (Å²) in [5, 5.41) is 14.8. The average Bonchev–Trinajstić information content (AvgIpc) is 3.15. The number of non-ortho nitro benzene ring substituents is 1. The Morgan fingerprint density at radius 2 is 1.91 bits per heavy atom. The second-order valence-electron chi connectivity index (χ2n) is 8.06. The van der Waals surface area contributed by atoms with E-state index in [4.69, 9.17) is 20.4 Å². The quantitative estimate of drug-likeness (QED) is 0.220. The Bertz CT molecular complexity index is 1020. The van der Waals surface area contributed by atoms with Crippen molar-refractivity contribution in [3.8, 4) is 0 Å². The molecule has 1 aliphatic rings. The van der Waals surface area contributed by atoms with Gasteiger partial charge in [0.1, 0.15) is 6.61 Å². The van der Waals surface area contributed by atoms with Crippen LogP contribution in [0.25, 0.3) is 0 Å². The summed E-state index contributed by atoms with van der Waals surface area (Å²) in [6.45, 7) is 1.85. The van der Waals surface area contributed by atoms with Crippen molar-refractivity contribution < 1.29 is 28.6 Å². The van der Waals surface area contributed by atoms with E-state index in [-0.39, 0.29) is 24.8 Å². The van der Waals surface area contributed by atoms with Gasteiger partial charge in [-0.1, -0.05) is 29.4 Å². The number of hydrogen-bond donors (Lipinski definition) is 3. The van der Waals surface area contributed by atoms with E-state index in [2.05, 4.69) is 9.68 Å². The molecule has 0 saturated heterocycles. The topological polar surface area (TPSA) is 158 Å². The lowest BCUT2D eigenvalue weighted by atomic mass is 9.93. The van der Waals surface area contributed by atoms with Gasteiger partial charge in [0.05, 0.1) is 17.2 Å². The largest absolute Gasteiger partial charge is 0.469 e. The molecule has 0 heterocycles. The molecule has 0 unspecified atom stereocenters. The third kappa shape index (κ3) is 6.69. The van der Waals surface area contributed by atoms with Gasteiger partial charge in [0.25, 0.3) is 5.69 Å². The molecule has 0 aliphatic heterocycles. The van der Waals surface area contributed by atoms with Crippen LogP contribution in [0.5, 0.6) is 0 Å². The summed E-state index contributed by atoms with van der Waals surface area (Å²) in [6.07, 6.45) is 2.01. The van der Waals surface area contributed by atoms with Crippen LogP contribution in [0.4, 0.5) is 5.69 Å². The maximum absolute atomic E-state index is 10.9. The summed E-state index contributed by atoms with van der Waals surface area (Å²) in [6, 6.07) is 14.0. The highest BCUT2D eigenvalue weighted by molar-refractivity contribution is 7.46. The van der Waals surface area contributed by atoms with Crippen molar-refractivity contribution in [1.29, 1.82) is 0 Å². The normalized spacial score (nSPS) is 21.5. The first-order chi connectivity index (χ1) is 15.0. The smallest absolute Gasteiger partial charge is 0.391 e. The van der Waals surface area contributed by atoms with Crippen LogP contribution in [0, 0.1) is 10.1 Å². The lowest BCUT2D eigenvalue weighted by Gasteiger charge is -2.24. The van der Waals surface area contributed by atoms with E-state index in [1.807, 2.05) is 31.2 Å². The molecule has 2 aromatic rings. The van der Waals surface area contributed by atoms with Crippen molar-refractivity contribution >= 4 is 19.2 Å². The highest BCUT2D eigenvalue weighted by Gasteiger charge is 2.38. The Morgan fingerprint density at radius 3 is 2.50 bits per heavy atom. The van der Waals surface area contributed by atoms with Crippen LogP contribution >= 0.6 is 7.82 Å². The summed E-state index contributed by atoms with van der Waals surface area (Å²) in [4.78, 5) is 33.4. The van der Waals surface area contributed by atoms with Crippen LogP contribution in [0.2, 0.25) is 0 Å². The zero-order valence-electron chi connectivity index (χ0n) is 17.6. The molecule has 11 heteroatoms. The SMILES string of the molecule is CC(=NOCc1ccc([N+](=O)[O-])cc1)c1ccc([C@@H]2CC[C@](N)(COP(=O)(O)O)C2)cc1. The molecule has 32 heavy (non-hydrogen) atoms. The summed E-state index contributed by atoms with van der Waals surface area (Å²) >= 11 is 0. The van der Waals surface area contributed by atoms with Crippen LogP contribution in [0.1, 0.15) is 48.8 Å². The van der Waals surface area contributed by atoms with E-state index in [1.54, 1.807) is 12.1 Å². The van der Waals surface area contributed by atoms with Gasteiger partial charge in [-0.05, 0) is 60.9 Å². The van der Waals surface area contributed by atoms with Gasteiger partial charge >= 0.3 is 7.82 Å². The number of phosphoric ester groups is 1. The molecule has 0 bridgehead atoms. The second kappa shape index (κ2) is 9.89. The van der Waals surface area contributed by atoms with Crippen LogP contribution in [0.3, 0.4) is 0 Å². The zero-order chi connectivity index (χ0) is 23.4. The fourth-order valence-corrected chi connectivity index (χ4v) is 4.18. The van der Waals surface area contributed by atoms with Crippen molar-refractivity contribution in [2.24, 2.45) is 10.9 Å². The fourth-order valence-electron chi connectivity index (χ4n) is 3.75. The van der Waals surface area contributed by atoms with Crippen LogP contribution in [0.15, 0.2) is 53.7 Å². The van der Waals surface area contributed by atoms with Crippen molar-refractivity contribution in [2.75, 3.05) is 6.61 Å². The number of oxime groups is 1. The maximum Gasteiger partial charge on any atom is 0.469 e. The highest BCUT2D eigenvalue weighted by atomic mass is 31.2. The minimum atomic E-state index is -4.54. The third-order valence-corrected chi connectivity index (χ3v) is 6.01. The maximum atomic E-state index is 10.9. The summed E-state index contributed by atoms with van der Waals surface area (Å²) < 4.78 is 15.6. The van der Waals surface area contributed by atoms with E-state index in [1.165, 1.54) is 12.1 Å².